The molecule has 0 radical (unpaired) electrons. The van der Waals surface area contributed by atoms with Gasteiger partial charge in [0.2, 0.25) is 5.91 Å². The van der Waals surface area contributed by atoms with Gasteiger partial charge in [0.1, 0.15) is 6.04 Å². The number of benzene rings is 3. The van der Waals surface area contributed by atoms with E-state index in [0.29, 0.717) is 12.1 Å². The molecule has 3 aromatic rings. The molecule has 30 heavy (non-hydrogen) atoms. The molecular weight excluding hydrogens is 374 g/mol. The lowest BCUT2D eigenvalue weighted by atomic mass is 10.0. The number of hydrogen-bond donors (Lipinski definition) is 3. The van der Waals surface area contributed by atoms with Gasteiger partial charge in [0.15, 0.2) is 0 Å². The van der Waals surface area contributed by atoms with Crippen LogP contribution in [-0.4, -0.2) is 18.0 Å². The Balaban J connectivity index is 1.69. The van der Waals surface area contributed by atoms with Gasteiger partial charge in [-0.25, -0.2) is 4.79 Å². The fourth-order valence-corrected chi connectivity index (χ4v) is 3.19. The zero-order valence-corrected chi connectivity index (χ0v) is 17.3. The van der Waals surface area contributed by atoms with E-state index in [4.69, 9.17) is 0 Å². The van der Waals surface area contributed by atoms with E-state index in [2.05, 4.69) is 28.1 Å². The molecule has 0 fully saturated rings. The van der Waals surface area contributed by atoms with Crippen molar-refractivity contribution in [2.45, 2.75) is 26.3 Å². The first kappa shape index (κ1) is 21.1. The summed E-state index contributed by atoms with van der Waals surface area (Å²) in [4.78, 5) is 25.4. The van der Waals surface area contributed by atoms with E-state index in [0.717, 1.165) is 11.3 Å². The van der Waals surface area contributed by atoms with Crippen molar-refractivity contribution in [3.8, 4) is 0 Å². The molecule has 5 nitrogen and oxygen atoms in total. The maximum Gasteiger partial charge on any atom is 0.319 e. The quantitative estimate of drug-likeness (QED) is 0.518. The van der Waals surface area contributed by atoms with E-state index >= 15 is 0 Å². The molecule has 5 heteroatoms. The van der Waals surface area contributed by atoms with E-state index in [-0.39, 0.29) is 11.8 Å². The number of rotatable bonds is 7. The molecule has 3 rings (SSSR count). The molecular formula is C25H27N3O2. The monoisotopic (exact) mass is 401 g/mol. The Bertz CT molecular complexity index is 972. The minimum atomic E-state index is -0.668. The fourth-order valence-electron chi connectivity index (χ4n) is 3.19. The third-order valence-electron chi connectivity index (χ3n) is 4.78. The highest BCUT2D eigenvalue weighted by molar-refractivity contribution is 5.99. The summed E-state index contributed by atoms with van der Waals surface area (Å²) >= 11 is 0. The van der Waals surface area contributed by atoms with Gasteiger partial charge in [-0.3, -0.25) is 4.79 Å². The third-order valence-corrected chi connectivity index (χ3v) is 4.78. The standard InChI is InChI=1S/C25H27N3O2/c1-18(2)23(28-25(30)26-21-14-7-4-8-15-21)24(29)27-22-16-10-9-13-20(22)17-19-11-5-3-6-12-19/h3-16,18,23H,17H2,1-2H3,(H,27,29)(H2,26,28,30)/t23-/m0/s1. The summed E-state index contributed by atoms with van der Waals surface area (Å²) in [5.74, 6) is -0.318. The first-order valence-corrected chi connectivity index (χ1v) is 10.1. The van der Waals surface area contributed by atoms with Crippen molar-refractivity contribution in [3.05, 3.63) is 96.1 Å². The lowest BCUT2D eigenvalue weighted by Gasteiger charge is -2.23. The van der Waals surface area contributed by atoms with Crippen molar-refractivity contribution in [1.29, 1.82) is 0 Å². The second-order valence-corrected chi connectivity index (χ2v) is 7.49. The Morgan fingerprint density at radius 3 is 2.03 bits per heavy atom. The number of urea groups is 1. The average molecular weight is 402 g/mol. The molecule has 0 spiro atoms. The van der Waals surface area contributed by atoms with Crippen molar-refractivity contribution in [1.82, 2.24) is 5.32 Å². The van der Waals surface area contributed by atoms with Crippen LogP contribution in [0.3, 0.4) is 0 Å². The number of carbonyl (C=O) groups excluding carboxylic acids is 2. The van der Waals surface area contributed by atoms with Crippen LogP contribution in [0.4, 0.5) is 16.2 Å². The predicted molar refractivity (Wildman–Crippen MR) is 122 cm³/mol. The summed E-state index contributed by atoms with van der Waals surface area (Å²) in [5.41, 5.74) is 3.61. The van der Waals surface area contributed by atoms with Crippen LogP contribution >= 0.6 is 0 Å². The Kier molecular flexibility index (Phi) is 7.22. The lowest BCUT2D eigenvalue weighted by Crippen LogP contribution is -2.48. The van der Waals surface area contributed by atoms with Gasteiger partial charge in [-0.15, -0.1) is 0 Å². The highest BCUT2D eigenvalue weighted by Crippen LogP contribution is 2.20. The van der Waals surface area contributed by atoms with E-state index in [1.54, 1.807) is 12.1 Å². The zero-order valence-electron chi connectivity index (χ0n) is 17.3. The second-order valence-electron chi connectivity index (χ2n) is 7.49. The van der Waals surface area contributed by atoms with Crippen LogP contribution < -0.4 is 16.0 Å². The van der Waals surface area contributed by atoms with Crippen molar-refractivity contribution in [3.63, 3.8) is 0 Å². The number of anilines is 2. The van der Waals surface area contributed by atoms with Gasteiger partial charge < -0.3 is 16.0 Å². The van der Waals surface area contributed by atoms with E-state index in [9.17, 15) is 9.59 Å². The molecule has 0 aliphatic heterocycles. The molecule has 0 aromatic heterocycles. The third kappa shape index (κ3) is 5.95. The minimum absolute atomic E-state index is 0.0761. The summed E-state index contributed by atoms with van der Waals surface area (Å²) in [6.45, 7) is 3.81. The minimum Gasteiger partial charge on any atom is -0.326 e. The smallest absolute Gasteiger partial charge is 0.319 e. The predicted octanol–water partition coefficient (Wildman–Crippen LogP) is 5.06. The van der Waals surface area contributed by atoms with Gasteiger partial charge in [0.25, 0.3) is 0 Å². The number of carbonyl (C=O) groups is 2. The number of amides is 3. The van der Waals surface area contributed by atoms with Gasteiger partial charge in [0.05, 0.1) is 0 Å². The van der Waals surface area contributed by atoms with Crippen LogP contribution in [0, 0.1) is 5.92 Å². The van der Waals surface area contributed by atoms with Crippen molar-refractivity contribution >= 4 is 23.3 Å². The Morgan fingerprint density at radius 2 is 1.37 bits per heavy atom. The van der Waals surface area contributed by atoms with Gasteiger partial charge in [-0.05, 0) is 41.7 Å². The van der Waals surface area contributed by atoms with Crippen LogP contribution in [0.1, 0.15) is 25.0 Å². The Morgan fingerprint density at radius 1 is 0.767 bits per heavy atom. The molecule has 3 amide bonds. The summed E-state index contributed by atoms with van der Waals surface area (Å²) < 4.78 is 0. The van der Waals surface area contributed by atoms with Gasteiger partial charge in [-0.2, -0.15) is 0 Å². The lowest BCUT2D eigenvalue weighted by molar-refractivity contribution is -0.118. The highest BCUT2D eigenvalue weighted by atomic mass is 16.2. The van der Waals surface area contributed by atoms with Gasteiger partial charge in [0, 0.05) is 11.4 Å². The molecule has 0 heterocycles. The molecule has 3 aromatic carbocycles. The van der Waals surface area contributed by atoms with Crippen LogP contribution in [0.15, 0.2) is 84.9 Å². The SMILES string of the molecule is CC(C)[C@H](NC(=O)Nc1ccccc1)C(=O)Nc1ccccc1Cc1ccccc1. The molecule has 0 aliphatic carbocycles. The van der Waals surface area contributed by atoms with Crippen LogP contribution in [0.25, 0.3) is 0 Å². The summed E-state index contributed by atoms with van der Waals surface area (Å²) in [7, 11) is 0. The van der Waals surface area contributed by atoms with E-state index in [1.807, 2.05) is 74.5 Å². The number of hydrogen-bond acceptors (Lipinski definition) is 2. The summed E-state index contributed by atoms with van der Waals surface area (Å²) in [5, 5.41) is 8.55. The summed E-state index contributed by atoms with van der Waals surface area (Å²) in [6.07, 6.45) is 0.714. The van der Waals surface area contributed by atoms with Crippen LogP contribution in [0.5, 0.6) is 0 Å². The van der Waals surface area contributed by atoms with E-state index < -0.39 is 12.1 Å². The molecule has 0 aliphatic rings. The van der Waals surface area contributed by atoms with Gasteiger partial charge >= 0.3 is 6.03 Å². The van der Waals surface area contributed by atoms with Crippen molar-refractivity contribution < 1.29 is 9.59 Å². The fraction of sp³-hybridized carbons (Fsp3) is 0.200. The maximum absolute atomic E-state index is 13.0. The molecule has 0 saturated carbocycles. The average Bonchev–Trinajstić information content (AvgIpc) is 2.74. The second kappa shape index (κ2) is 10.3. The first-order valence-electron chi connectivity index (χ1n) is 10.1. The van der Waals surface area contributed by atoms with Crippen LogP contribution in [-0.2, 0) is 11.2 Å². The maximum atomic E-state index is 13.0. The Labute approximate surface area is 177 Å². The summed E-state index contributed by atoms with van der Waals surface area (Å²) in [6, 6.07) is 25.9. The molecule has 0 saturated heterocycles. The molecule has 154 valence electrons. The Hall–Kier alpha value is -3.60. The first-order chi connectivity index (χ1) is 14.5. The largest absolute Gasteiger partial charge is 0.326 e. The van der Waals surface area contributed by atoms with Crippen molar-refractivity contribution in [2.24, 2.45) is 5.92 Å². The highest BCUT2D eigenvalue weighted by Gasteiger charge is 2.25. The normalized spacial score (nSPS) is 11.6. The molecule has 1 atom stereocenters. The molecule has 3 N–H and O–H groups in total. The topological polar surface area (TPSA) is 70.2 Å². The number of nitrogens with one attached hydrogen (secondary N) is 3. The van der Waals surface area contributed by atoms with Crippen molar-refractivity contribution in [2.75, 3.05) is 10.6 Å². The van der Waals surface area contributed by atoms with E-state index in [1.165, 1.54) is 5.56 Å². The molecule has 0 unspecified atom stereocenters. The zero-order chi connectivity index (χ0) is 21.3. The number of para-hydroxylation sites is 2. The van der Waals surface area contributed by atoms with Gasteiger partial charge in [-0.1, -0.05) is 80.6 Å². The molecule has 0 bridgehead atoms. The van der Waals surface area contributed by atoms with Crippen LogP contribution in [0.2, 0.25) is 0 Å².